The number of hydrogen-bond donors (Lipinski definition) is 1. The largest absolute Gasteiger partial charge is 0.395 e. The number of benzene rings is 4. The fraction of sp³-hybridized carbons (Fsp3) is 0.231. The van der Waals surface area contributed by atoms with Crippen LogP contribution in [0.25, 0.3) is 21.5 Å². The van der Waals surface area contributed by atoms with Crippen LogP contribution in [-0.4, -0.2) is 17.0 Å². The predicted octanol–water partition coefficient (Wildman–Crippen LogP) is 6.73. The number of fused-ring (bicyclic) bond motifs is 3. The monoisotopic (exact) mass is 428 g/mol. The number of anilines is 2. The van der Waals surface area contributed by atoms with Crippen molar-refractivity contribution in [3.8, 4) is 0 Å². The molecule has 1 N–H and O–H groups in total. The van der Waals surface area contributed by atoms with Gasteiger partial charge in [0.15, 0.2) is 0 Å². The van der Waals surface area contributed by atoms with E-state index in [1.807, 2.05) is 45.7 Å². The zero-order valence-corrected chi connectivity index (χ0v) is 18.2. The maximum Gasteiger partial charge on any atom is 0.395 e. The molecule has 5 heteroatoms. The number of rotatable bonds is 2. The first-order valence-electron chi connectivity index (χ1n) is 11.0. The van der Waals surface area contributed by atoms with Crippen LogP contribution in [-0.2, 0) is 4.57 Å². The van der Waals surface area contributed by atoms with E-state index in [9.17, 15) is 9.46 Å². The zero-order valence-electron chi connectivity index (χ0n) is 17.3. The molecule has 0 aromatic heterocycles. The molecule has 156 valence electrons. The molecule has 1 saturated carbocycles. The van der Waals surface area contributed by atoms with E-state index >= 15 is 0 Å². The molecule has 2 atom stereocenters. The molecular weight excluding hydrogens is 403 g/mol. The quantitative estimate of drug-likeness (QED) is 0.360. The fourth-order valence-electron chi connectivity index (χ4n) is 5.47. The van der Waals surface area contributed by atoms with Crippen molar-refractivity contribution in [2.45, 2.75) is 37.8 Å². The molecule has 0 radical (unpaired) electrons. The second-order valence-electron chi connectivity index (χ2n) is 8.68. The van der Waals surface area contributed by atoms with Gasteiger partial charge in [0, 0.05) is 11.4 Å². The average Bonchev–Trinajstić information content (AvgIpc) is 3.04. The van der Waals surface area contributed by atoms with E-state index in [1.165, 1.54) is 0 Å². The first-order valence-corrected chi connectivity index (χ1v) is 12.6. The average molecular weight is 428 g/mol. The molecule has 1 heterocycles. The molecule has 0 bridgehead atoms. The molecule has 0 amide bonds. The molecule has 1 aliphatic carbocycles. The molecule has 6 rings (SSSR count). The minimum absolute atomic E-state index is 0.0391. The Labute approximate surface area is 182 Å². The van der Waals surface area contributed by atoms with E-state index in [0.29, 0.717) is 0 Å². The van der Waals surface area contributed by atoms with Gasteiger partial charge in [-0.15, -0.1) is 0 Å². The maximum absolute atomic E-state index is 14.1. The number of hydrogen-bond acceptors (Lipinski definition) is 1. The molecule has 2 fully saturated rings. The summed E-state index contributed by atoms with van der Waals surface area (Å²) < 4.78 is 17.8. The molecule has 4 aromatic carbocycles. The van der Waals surface area contributed by atoms with E-state index in [0.717, 1.165) is 58.6 Å². The minimum Gasteiger partial charge on any atom is -0.313 e. The van der Waals surface area contributed by atoms with Crippen LogP contribution in [0.3, 0.4) is 0 Å². The Kier molecular flexibility index (Phi) is 4.34. The highest BCUT2D eigenvalue weighted by molar-refractivity contribution is 7.62. The molecule has 4 aromatic rings. The first-order chi connectivity index (χ1) is 15.1. The van der Waals surface area contributed by atoms with Crippen molar-refractivity contribution in [3.63, 3.8) is 0 Å². The standard InChI is InChI=1S/C26H25N2O2P/c29-31(30)27(23-15-13-19-7-1-3-9-21(19)17-23)25-11-5-6-12-26(25)28(31)24-16-14-20-8-2-4-10-22(20)18-24/h1-4,7-10,13-18,25-26H,5-6,11-12H2,(H,29,30)/t25-,26-/m1/s1. The van der Waals surface area contributed by atoms with Gasteiger partial charge in [0.2, 0.25) is 0 Å². The van der Waals surface area contributed by atoms with Gasteiger partial charge >= 0.3 is 7.67 Å². The summed E-state index contributed by atoms with van der Waals surface area (Å²) in [5, 5.41) is 4.47. The second kappa shape index (κ2) is 7.12. The minimum atomic E-state index is -3.80. The highest BCUT2D eigenvalue weighted by Crippen LogP contribution is 2.63. The molecule has 1 saturated heterocycles. The van der Waals surface area contributed by atoms with Crippen molar-refractivity contribution < 1.29 is 9.46 Å². The van der Waals surface area contributed by atoms with Gasteiger partial charge in [0.05, 0.1) is 12.1 Å². The van der Waals surface area contributed by atoms with E-state index in [2.05, 4.69) is 48.5 Å². The van der Waals surface area contributed by atoms with Crippen molar-refractivity contribution in [1.29, 1.82) is 0 Å². The highest BCUT2D eigenvalue weighted by atomic mass is 31.2. The smallest absolute Gasteiger partial charge is 0.313 e. The third-order valence-electron chi connectivity index (χ3n) is 6.88. The van der Waals surface area contributed by atoms with Crippen molar-refractivity contribution in [2.75, 3.05) is 9.34 Å². The fourth-order valence-corrected chi connectivity index (χ4v) is 7.84. The Morgan fingerprint density at radius 1 is 0.645 bits per heavy atom. The Balaban J connectivity index is 1.49. The third kappa shape index (κ3) is 2.97. The van der Waals surface area contributed by atoms with Crippen LogP contribution in [0.15, 0.2) is 84.9 Å². The van der Waals surface area contributed by atoms with E-state index in [1.54, 1.807) is 0 Å². The van der Waals surface area contributed by atoms with Gasteiger partial charge in [-0.25, -0.2) is 4.57 Å². The van der Waals surface area contributed by atoms with Crippen LogP contribution in [0.4, 0.5) is 11.4 Å². The topological polar surface area (TPSA) is 43.8 Å². The van der Waals surface area contributed by atoms with Crippen LogP contribution in [0, 0.1) is 0 Å². The van der Waals surface area contributed by atoms with Gasteiger partial charge in [-0.2, -0.15) is 0 Å². The van der Waals surface area contributed by atoms with E-state index < -0.39 is 7.67 Å². The van der Waals surface area contributed by atoms with Crippen molar-refractivity contribution in [1.82, 2.24) is 0 Å². The molecular formula is C26H25N2O2P. The molecule has 4 nitrogen and oxygen atoms in total. The lowest BCUT2D eigenvalue weighted by Crippen LogP contribution is -2.40. The summed E-state index contributed by atoms with van der Waals surface area (Å²) >= 11 is 0. The van der Waals surface area contributed by atoms with Gasteiger partial charge in [0.25, 0.3) is 0 Å². The lowest BCUT2D eigenvalue weighted by Gasteiger charge is -2.31. The Hall–Kier alpha value is -2.81. The summed E-state index contributed by atoms with van der Waals surface area (Å²) in [4.78, 5) is 11.6. The van der Waals surface area contributed by atoms with Crippen molar-refractivity contribution in [3.05, 3.63) is 84.9 Å². The zero-order chi connectivity index (χ0) is 21.0. The summed E-state index contributed by atoms with van der Waals surface area (Å²) in [6.45, 7) is 0. The first kappa shape index (κ1) is 18.9. The van der Waals surface area contributed by atoms with Gasteiger partial charge in [-0.3, -0.25) is 9.34 Å². The van der Waals surface area contributed by atoms with Crippen LogP contribution in [0.2, 0.25) is 0 Å². The summed E-state index contributed by atoms with van der Waals surface area (Å²) in [6, 6.07) is 28.7. The predicted molar refractivity (Wildman–Crippen MR) is 129 cm³/mol. The van der Waals surface area contributed by atoms with Crippen molar-refractivity contribution >= 4 is 40.6 Å². The summed E-state index contributed by atoms with van der Waals surface area (Å²) in [7, 11) is -3.80. The van der Waals surface area contributed by atoms with Crippen LogP contribution < -0.4 is 9.34 Å². The number of nitrogens with zero attached hydrogens (tertiary/aromatic N) is 2. The van der Waals surface area contributed by atoms with Crippen LogP contribution in [0.5, 0.6) is 0 Å². The normalized spacial score (nSPS) is 22.7. The van der Waals surface area contributed by atoms with Gasteiger partial charge in [0.1, 0.15) is 0 Å². The molecule has 0 unspecified atom stereocenters. The summed E-state index contributed by atoms with van der Waals surface area (Å²) in [5.41, 5.74) is 1.68. The third-order valence-corrected chi connectivity index (χ3v) is 9.06. The molecule has 0 spiro atoms. The Morgan fingerprint density at radius 2 is 1.06 bits per heavy atom. The Bertz CT molecular complexity index is 1240. The van der Waals surface area contributed by atoms with Gasteiger partial charge in [-0.1, -0.05) is 73.5 Å². The van der Waals surface area contributed by atoms with Crippen molar-refractivity contribution in [2.24, 2.45) is 0 Å². The van der Waals surface area contributed by atoms with Gasteiger partial charge < -0.3 is 4.89 Å². The van der Waals surface area contributed by atoms with Gasteiger partial charge in [-0.05, 0) is 58.7 Å². The van der Waals surface area contributed by atoms with Crippen LogP contribution >= 0.6 is 7.67 Å². The lowest BCUT2D eigenvalue weighted by atomic mass is 9.89. The summed E-state index contributed by atoms with van der Waals surface area (Å²) in [6.07, 6.45) is 4.06. The van der Waals surface area contributed by atoms with E-state index in [-0.39, 0.29) is 12.1 Å². The lowest BCUT2D eigenvalue weighted by molar-refractivity contribution is 0.409. The second-order valence-corrected chi connectivity index (χ2v) is 10.6. The Morgan fingerprint density at radius 3 is 1.52 bits per heavy atom. The maximum atomic E-state index is 14.1. The SMILES string of the molecule is O=P1(O)N(c2ccc3ccccc3c2)[C@@H]2CCCC[C@H]2N1c1ccc2ccccc2c1. The van der Waals surface area contributed by atoms with E-state index in [4.69, 9.17) is 0 Å². The molecule has 2 aliphatic rings. The molecule has 31 heavy (non-hydrogen) atoms. The highest BCUT2D eigenvalue weighted by Gasteiger charge is 2.55. The van der Waals surface area contributed by atoms with Crippen LogP contribution in [0.1, 0.15) is 25.7 Å². The summed E-state index contributed by atoms with van der Waals surface area (Å²) in [5.74, 6) is 0. The molecule has 1 aliphatic heterocycles.